The quantitative estimate of drug-likeness (QED) is 0.540. The Morgan fingerprint density at radius 2 is 2.04 bits per heavy atom. The van der Waals surface area contributed by atoms with Crippen LogP contribution in [0.25, 0.3) is 22.4 Å². The highest BCUT2D eigenvalue weighted by Gasteiger charge is 2.30. The van der Waals surface area contributed by atoms with E-state index in [1.807, 2.05) is 36.4 Å². The molecule has 0 radical (unpaired) electrons. The summed E-state index contributed by atoms with van der Waals surface area (Å²) in [4.78, 5) is 19.0. The van der Waals surface area contributed by atoms with E-state index in [9.17, 15) is 4.79 Å². The summed E-state index contributed by atoms with van der Waals surface area (Å²) < 4.78 is 16.5. The number of aromatic nitrogens is 2. The third-order valence-corrected chi connectivity index (χ3v) is 4.79. The van der Waals surface area contributed by atoms with Crippen molar-refractivity contribution in [2.24, 2.45) is 0 Å². The second-order valence-corrected chi connectivity index (χ2v) is 6.68. The number of pyridine rings is 1. The third kappa shape index (κ3) is 3.11. The first-order valence-corrected chi connectivity index (χ1v) is 9.08. The lowest BCUT2D eigenvalue weighted by atomic mass is 10.2. The van der Waals surface area contributed by atoms with Crippen molar-refractivity contribution in [3.05, 3.63) is 66.6 Å². The first-order valence-electron chi connectivity index (χ1n) is 9.08. The molecule has 0 aliphatic carbocycles. The van der Waals surface area contributed by atoms with Gasteiger partial charge in [-0.05, 0) is 24.3 Å². The van der Waals surface area contributed by atoms with Crippen LogP contribution in [-0.4, -0.2) is 40.1 Å². The zero-order valence-corrected chi connectivity index (χ0v) is 14.9. The molecule has 28 heavy (non-hydrogen) atoms. The van der Waals surface area contributed by atoms with E-state index in [2.05, 4.69) is 10.1 Å². The molecule has 140 valence electrons. The maximum atomic E-state index is 12.7. The lowest BCUT2D eigenvalue weighted by molar-refractivity contribution is 0.0761. The molecule has 1 fully saturated rings. The van der Waals surface area contributed by atoms with E-state index in [0.717, 1.165) is 17.3 Å². The van der Waals surface area contributed by atoms with E-state index in [1.54, 1.807) is 29.4 Å². The van der Waals surface area contributed by atoms with Crippen LogP contribution in [0.4, 0.5) is 0 Å². The molecule has 1 aliphatic rings. The van der Waals surface area contributed by atoms with Crippen LogP contribution in [0.3, 0.4) is 0 Å². The summed E-state index contributed by atoms with van der Waals surface area (Å²) in [5.74, 6) is 1.36. The molecule has 0 N–H and O–H groups in total. The van der Waals surface area contributed by atoms with Gasteiger partial charge in [-0.2, -0.15) is 0 Å². The summed E-state index contributed by atoms with van der Waals surface area (Å²) >= 11 is 0. The number of amides is 1. The number of carbonyl (C=O) groups is 1. The Morgan fingerprint density at radius 1 is 1.11 bits per heavy atom. The number of carbonyl (C=O) groups excluding carboxylic acids is 1. The molecule has 1 atom stereocenters. The summed E-state index contributed by atoms with van der Waals surface area (Å²) in [5.41, 5.74) is 1.15. The Kier molecular flexibility index (Phi) is 4.05. The molecule has 1 aliphatic heterocycles. The second-order valence-electron chi connectivity index (χ2n) is 6.68. The fraction of sp³-hybridized carbons (Fsp3) is 0.190. The van der Waals surface area contributed by atoms with Crippen molar-refractivity contribution in [2.45, 2.75) is 12.5 Å². The van der Waals surface area contributed by atoms with E-state index in [-0.39, 0.29) is 17.7 Å². The highest BCUT2D eigenvalue weighted by atomic mass is 16.5. The number of ether oxygens (including phenoxy) is 1. The predicted octanol–water partition coefficient (Wildman–Crippen LogP) is 3.78. The molecule has 4 heterocycles. The van der Waals surface area contributed by atoms with Crippen molar-refractivity contribution in [1.82, 2.24) is 15.0 Å². The van der Waals surface area contributed by atoms with Crippen molar-refractivity contribution in [1.29, 1.82) is 0 Å². The Labute approximate surface area is 160 Å². The summed E-state index contributed by atoms with van der Waals surface area (Å²) in [6.07, 6.45) is 2.18. The van der Waals surface area contributed by atoms with Crippen LogP contribution in [0, 0.1) is 0 Å². The Balaban J connectivity index is 1.25. The van der Waals surface area contributed by atoms with Gasteiger partial charge < -0.3 is 18.6 Å². The van der Waals surface area contributed by atoms with Crippen LogP contribution in [0.1, 0.15) is 16.9 Å². The van der Waals surface area contributed by atoms with E-state index in [0.29, 0.717) is 30.5 Å². The Bertz CT molecular complexity index is 1120. The highest BCUT2D eigenvalue weighted by molar-refractivity contribution is 5.93. The van der Waals surface area contributed by atoms with Gasteiger partial charge in [-0.3, -0.25) is 4.79 Å². The summed E-state index contributed by atoms with van der Waals surface area (Å²) in [6.45, 7) is 1.08. The van der Waals surface area contributed by atoms with Crippen molar-refractivity contribution < 1.29 is 18.5 Å². The summed E-state index contributed by atoms with van der Waals surface area (Å²) in [7, 11) is 0. The van der Waals surface area contributed by atoms with Crippen LogP contribution in [0.2, 0.25) is 0 Å². The fourth-order valence-corrected chi connectivity index (χ4v) is 3.37. The molecular formula is C21H17N3O4. The van der Waals surface area contributed by atoms with Gasteiger partial charge in [0.2, 0.25) is 11.6 Å². The maximum absolute atomic E-state index is 12.7. The number of rotatable bonds is 4. The van der Waals surface area contributed by atoms with Gasteiger partial charge in [-0.25, -0.2) is 4.98 Å². The van der Waals surface area contributed by atoms with Gasteiger partial charge in [-0.15, -0.1) is 0 Å². The summed E-state index contributed by atoms with van der Waals surface area (Å²) in [6, 6.07) is 16.8. The normalized spacial score (nSPS) is 16.6. The number of hydrogen-bond acceptors (Lipinski definition) is 6. The van der Waals surface area contributed by atoms with Gasteiger partial charge in [0, 0.05) is 30.5 Å². The highest BCUT2D eigenvalue weighted by Crippen LogP contribution is 2.24. The molecule has 1 unspecified atom stereocenters. The molecule has 0 bridgehead atoms. The molecule has 3 aromatic heterocycles. The molecule has 0 spiro atoms. The van der Waals surface area contributed by atoms with Gasteiger partial charge in [0.15, 0.2) is 11.5 Å². The SMILES string of the molecule is O=C(c1cc(-c2ccco2)on1)N1CCC(Oc2ccc3ccccc3n2)C1. The van der Waals surface area contributed by atoms with Crippen molar-refractivity contribution in [3.8, 4) is 17.4 Å². The monoisotopic (exact) mass is 375 g/mol. The van der Waals surface area contributed by atoms with Crippen molar-refractivity contribution in [2.75, 3.05) is 13.1 Å². The minimum absolute atomic E-state index is 0.103. The zero-order chi connectivity index (χ0) is 18.9. The first-order chi connectivity index (χ1) is 13.8. The number of furan rings is 1. The van der Waals surface area contributed by atoms with Crippen LogP contribution in [-0.2, 0) is 0 Å². The molecule has 5 rings (SSSR count). The topological polar surface area (TPSA) is 81.6 Å². The van der Waals surface area contributed by atoms with Crippen molar-refractivity contribution in [3.63, 3.8) is 0 Å². The van der Waals surface area contributed by atoms with Crippen molar-refractivity contribution >= 4 is 16.8 Å². The van der Waals surface area contributed by atoms with Gasteiger partial charge in [-0.1, -0.05) is 23.4 Å². The lowest BCUT2D eigenvalue weighted by Crippen LogP contribution is -2.31. The molecule has 7 heteroatoms. The van der Waals surface area contributed by atoms with E-state index < -0.39 is 0 Å². The Hall–Kier alpha value is -3.61. The molecule has 7 nitrogen and oxygen atoms in total. The lowest BCUT2D eigenvalue weighted by Gasteiger charge is -2.15. The van der Waals surface area contributed by atoms with Gasteiger partial charge >= 0.3 is 0 Å². The Morgan fingerprint density at radius 3 is 2.93 bits per heavy atom. The fourth-order valence-electron chi connectivity index (χ4n) is 3.37. The molecule has 0 saturated carbocycles. The zero-order valence-electron chi connectivity index (χ0n) is 14.9. The van der Waals surface area contributed by atoms with Crippen LogP contribution >= 0.6 is 0 Å². The predicted molar refractivity (Wildman–Crippen MR) is 101 cm³/mol. The minimum atomic E-state index is -0.181. The number of nitrogens with zero attached hydrogens (tertiary/aromatic N) is 3. The van der Waals surface area contributed by atoms with E-state index in [4.69, 9.17) is 13.7 Å². The van der Waals surface area contributed by atoms with Gasteiger partial charge in [0.05, 0.1) is 18.3 Å². The molecular weight excluding hydrogens is 358 g/mol. The standard InChI is InChI=1S/C21H17N3O4/c25-21(17-12-19(28-23-17)18-6-3-11-26-18)24-10-9-15(13-24)27-20-8-7-14-4-1-2-5-16(14)22-20/h1-8,11-12,15H,9-10,13H2. The summed E-state index contributed by atoms with van der Waals surface area (Å²) in [5, 5.41) is 4.95. The van der Waals surface area contributed by atoms with Crippen LogP contribution in [0.5, 0.6) is 5.88 Å². The molecule has 1 amide bonds. The number of hydrogen-bond donors (Lipinski definition) is 0. The molecule has 1 aromatic carbocycles. The number of benzene rings is 1. The average molecular weight is 375 g/mol. The number of fused-ring (bicyclic) bond motifs is 1. The van der Waals surface area contributed by atoms with Gasteiger partial charge in [0.25, 0.3) is 5.91 Å². The molecule has 1 saturated heterocycles. The molecule has 4 aromatic rings. The number of para-hydroxylation sites is 1. The van der Waals surface area contributed by atoms with Gasteiger partial charge in [0.1, 0.15) is 6.10 Å². The van der Waals surface area contributed by atoms with Crippen LogP contribution < -0.4 is 4.74 Å². The third-order valence-electron chi connectivity index (χ3n) is 4.79. The maximum Gasteiger partial charge on any atom is 0.276 e. The van der Waals surface area contributed by atoms with E-state index in [1.165, 1.54) is 0 Å². The van der Waals surface area contributed by atoms with E-state index >= 15 is 0 Å². The minimum Gasteiger partial charge on any atom is -0.472 e. The largest absolute Gasteiger partial charge is 0.472 e. The second kappa shape index (κ2) is 6.84. The number of likely N-dealkylation sites (tertiary alicyclic amines) is 1. The smallest absolute Gasteiger partial charge is 0.276 e. The average Bonchev–Trinajstić information content (AvgIpc) is 3.48. The van der Waals surface area contributed by atoms with Crippen LogP contribution in [0.15, 0.2) is 69.8 Å². The first kappa shape index (κ1) is 16.6.